The molecule has 3 nitrogen and oxygen atoms in total. The zero-order chi connectivity index (χ0) is 12.9. The standard InChI is InChI=1S/C12H11F3N2O/c13-12(14,15)7-4-5-9-10(6-7)17(11(18)16-9)8-2-1-3-8/h4-6,8H,1-3H2,(H,16,18). The minimum atomic E-state index is -4.38. The van der Waals surface area contributed by atoms with Crippen molar-refractivity contribution in [2.75, 3.05) is 0 Å². The molecule has 0 spiro atoms. The summed E-state index contributed by atoms with van der Waals surface area (Å²) in [5.41, 5.74) is -0.240. The molecule has 0 unspecified atom stereocenters. The van der Waals surface area contributed by atoms with Crippen LogP contribution in [0.4, 0.5) is 13.2 Å². The van der Waals surface area contributed by atoms with Crippen molar-refractivity contribution in [1.82, 2.24) is 9.55 Å². The highest BCUT2D eigenvalue weighted by Crippen LogP contribution is 2.35. The van der Waals surface area contributed by atoms with Crippen molar-refractivity contribution in [3.63, 3.8) is 0 Å². The number of imidazole rings is 1. The van der Waals surface area contributed by atoms with Crippen molar-refractivity contribution >= 4 is 11.0 Å². The Hall–Kier alpha value is -1.72. The Morgan fingerprint density at radius 3 is 2.56 bits per heavy atom. The third-order valence-electron chi connectivity index (χ3n) is 3.48. The first-order chi connectivity index (χ1) is 8.47. The van der Waals surface area contributed by atoms with E-state index < -0.39 is 11.7 Å². The molecule has 96 valence electrons. The summed E-state index contributed by atoms with van der Waals surface area (Å²) in [6.07, 6.45) is -1.67. The van der Waals surface area contributed by atoms with Gasteiger partial charge in [-0.2, -0.15) is 13.2 Å². The van der Waals surface area contributed by atoms with Gasteiger partial charge in [-0.3, -0.25) is 4.57 Å². The number of hydrogen-bond donors (Lipinski definition) is 1. The SMILES string of the molecule is O=c1[nH]c2ccc(C(F)(F)F)cc2n1C1CCC1. The number of nitrogens with zero attached hydrogens (tertiary/aromatic N) is 1. The topological polar surface area (TPSA) is 37.8 Å². The van der Waals surface area contributed by atoms with Gasteiger partial charge in [-0.15, -0.1) is 0 Å². The van der Waals surface area contributed by atoms with E-state index in [9.17, 15) is 18.0 Å². The quantitative estimate of drug-likeness (QED) is 0.836. The minimum Gasteiger partial charge on any atom is -0.306 e. The molecule has 0 bridgehead atoms. The van der Waals surface area contributed by atoms with Gasteiger partial charge in [-0.25, -0.2) is 4.79 Å². The summed E-state index contributed by atoms with van der Waals surface area (Å²) in [6.45, 7) is 0. The van der Waals surface area contributed by atoms with Crippen LogP contribution in [-0.4, -0.2) is 9.55 Å². The second-order valence-corrected chi connectivity index (χ2v) is 4.61. The van der Waals surface area contributed by atoms with Gasteiger partial charge in [0, 0.05) is 6.04 Å². The number of hydrogen-bond acceptors (Lipinski definition) is 1. The van der Waals surface area contributed by atoms with E-state index in [0.29, 0.717) is 11.0 Å². The van der Waals surface area contributed by atoms with E-state index in [4.69, 9.17) is 0 Å². The van der Waals surface area contributed by atoms with Crippen LogP contribution in [0, 0.1) is 0 Å². The number of nitrogens with one attached hydrogen (secondary N) is 1. The van der Waals surface area contributed by atoms with Gasteiger partial charge in [-0.1, -0.05) is 0 Å². The van der Waals surface area contributed by atoms with Gasteiger partial charge in [0.25, 0.3) is 0 Å². The number of aromatic nitrogens is 2. The Balaban J connectivity index is 2.22. The Labute approximate surface area is 100 Å². The molecule has 18 heavy (non-hydrogen) atoms. The fourth-order valence-corrected chi connectivity index (χ4v) is 2.31. The van der Waals surface area contributed by atoms with Crippen molar-refractivity contribution in [2.24, 2.45) is 0 Å². The molecule has 1 aliphatic carbocycles. The van der Waals surface area contributed by atoms with Gasteiger partial charge in [-0.05, 0) is 37.5 Å². The smallest absolute Gasteiger partial charge is 0.306 e. The maximum atomic E-state index is 12.7. The van der Waals surface area contributed by atoms with Gasteiger partial charge >= 0.3 is 11.9 Å². The van der Waals surface area contributed by atoms with Crippen LogP contribution >= 0.6 is 0 Å². The van der Waals surface area contributed by atoms with Gasteiger partial charge in [0.1, 0.15) is 0 Å². The molecule has 1 aliphatic rings. The highest BCUT2D eigenvalue weighted by molar-refractivity contribution is 5.76. The van der Waals surface area contributed by atoms with E-state index in [1.54, 1.807) is 0 Å². The maximum Gasteiger partial charge on any atom is 0.416 e. The molecule has 0 atom stereocenters. The molecule has 0 saturated heterocycles. The van der Waals surface area contributed by atoms with Gasteiger partial charge in [0.2, 0.25) is 0 Å². The van der Waals surface area contributed by atoms with Crippen LogP contribution in [0.5, 0.6) is 0 Å². The summed E-state index contributed by atoms with van der Waals surface area (Å²) >= 11 is 0. The molecule has 3 rings (SSSR count). The predicted octanol–water partition coefficient (Wildman–Crippen LogP) is 3.07. The third-order valence-corrected chi connectivity index (χ3v) is 3.48. The highest BCUT2D eigenvalue weighted by Gasteiger charge is 2.32. The Morgan fingerprint density at radius 1 is 1.28 bits per heavy atom. The van der Waals surface area contributed by atoms with Crippen LogP contribution in [0.25, 0.3) is 11.0 Å². The molecule has 0 amide bonds. The monoisotopic (exact) mass is 256 g/mol. The Morgan fingerprint density at radius 2 is 2.00 bits per heavy atom. The normalized spacial score (nSPS) is 17.1. The first-order valence-corrected chi connectivity index (χ1v) is 5.78. The molecule has 1 saturated carbocycles. The number of H-pyrrole nitrogens is 1. The first kappa shape index (κ1) is 11.4. The van der Waals surface area contributed by atoms with Crippen molar-refractivity contribution in [3.05, 3.63) is 34.2 Å². The van der Waals surface area contributed by atoms with Gasteiger partial charge < -0.3 is 4.98 Å². The summed E-state index contributed by atoms with van der Waals surface area (Å²) in [5.74, 6) is 0. The Kier molecular flexibility index (Phi) is 2.30. The van der Waals surface area contributed by atoms with Crippen LogP contribution in [-0.2, 0) is 6.18 Å². The summed E-state index contributed by atoms with van der Waals surface area (Å²) in [5, 5.41) is 0. The minimum absolute atomic E-state index is 0.0368. The largest absolute Gasteiger partial charge is 0.416 e. The lowest BCUT2D eigenvalue weighted by Gasteiger charge is -2.26. The second kappa shape index (κ2) is 3.63. The number of rotatable bonds is 1. The Bertz CT molecular complexity index is 649. The lowest BCUT2D eigenvalue weighted by Crippen LogP contribution is -2.26. The number of benzene rings is 1. The molecule has 6 heteroatoms. The molecular formula is C12H11F3N2O. The molecule has 1 aromatic carbocycles. The maximum absolute atomic E-state index is 12.7. The van der Waals surface area contributed by atoms with Crippen LogP contribution in [0.15, 0.2) is 23.0 Å². The molecular weight excluding hydrogens is 245 g/mol. The van der Waals surface area contributed by atoms with Crippen molar-refractivity contribution in [2.45, 2.75) is 31.5 Å². The number of halogens is 3. The fraction of sp³-hybridized carbons (Fsp3) is 0.417. The molecule has 0 aliphatic heterocycles. The van der Waals surface area contributed by atoms with E-state index in [1.165, 1.54) is 10.6 Å². The molecule has 1 fully saturated rings. The van der Waals surface area contributed by atoms with Crippen molar-refractivity contribution < 1.29 is 13.2 Å². The molecule has 0 radical (unpaired) electrons. The van der Waals surface area contributed by atoms with Crippen molar-refractivity contribution in [1.29, 1.82) is 0 Å². The highest BCUT2D eigenvalue weighted by atomic mass is 19.4. The van der Waals surface area contributed by atoms with E-state index in [1.807, 2.05) is 0 Å². The van der Waals surface area contributed by atoms with E-state index in [2.05, 4.69) is 4.98 Å². The van der Waals surface area contributed by atoms with Crippen LogP contribution in [0.3, 0.4) is 0 Å². The van der Waals surface area contributed by atoms with E-state index in [0.717, 1.165) is 31.4 Å². The summed E-state index contributed by atoms with van der Waals surface area (Å²) in [6, 6.07) is 3.39. The predicted molar refractivity (Wildman–Crippen MR) is 60.4 cm³/mol. The summed E-state index contributed by atoms with van der Waals surface area (Å²) in [4.78, 5) is 14.4. The fourth-order valence-electron chi connectivity index (χ4n) is 2.31. The summed E-state index contributed by atoms with van der Waals surface area (Å²) < 4.78 is 39.4. The average Bonchev–Trinajstić information content (AvgIpc) is 2.51. The molecule has 2 aromatic rings. The van der Waals surface area contributed by atoms with Gasteiger partial charge in [0.05, 0.1) is 16.6 Å². The van der Waals surface area contributed by atoms with Crippen LogP contribution in [0.1, 0.15) is 30.9 Å². The third kappa shape index (κ3) is 1.63. The summed E-state index contributed by atoms with van der Waals surface area (Å²) in [7, 11) is 0. The lowest BCUT2D eigenvalue weighted by atomic mass is 9.93. The second-order valence-electron chi connectivity index (χ2n) is 4.61. The zero-order valence-corrected chi connectivity index (χ0v) is 9.42. The molecule has 1 aromatic heterocycles. The van der Waals surface area contributed by atoms with Crippen molar-refractivity contribution in [3.8, 4) is 0 Å². The van der Waals surface area contributed by atoms with Crippen LogP contribution in [0.2, 0.25) is 0 Å². The molecule has 1 heterocycles. The van der Waals surface area contributed by atoms with E-state index in [-0.39, 0.29) is 11.7 Å². The zero-order valence-electron chi connectivity index (χ0n) is 9.42. The van der Waals surface area contributed by atoms with E-state index >= 15 is 0 Å². The number of aromatic amines is 1. The number of alkyl halides is 3. The number of fused-ring (bicyclic) bond motifs is 1. The van der Waals surface area contributed by atoms with Gasteiger partial charge in [0.15, 0.2) is 0 Å². The molecule has 1 N–H and O–H groups in total. The average molecular weight is 256 g/mol. The first-order valence-electron chi connectivity index (χ1n) is 5.78. The lowest BCUT2D eigenvalue weighted by molar-refractivity contribution is -0.137. The van der Waals surface area contributed by atoms with Crippen LogP contribution < -0.4 is 5.69 Å².